The summed E-state index contributed by atoms with van der Waals surface area (Å²) in [5, 5.41) is 3.31. The van der Waals surface area contributed by atoms with Crippen molar-refractivity contribution in [2.24, 2.45) is 11.8 Å². The van der Waals surface area contributed by atoms with E-state index in [2.05, 4.69) is 54.6 Å². The van der Waals surface area contributed by atoms with Gasteiger partial charge in [-0.3, -0.25) is 4.79 Å². The number of fused-ring (bicyclic) bond motifs is 1. The van der Waals surface area contributed by atoms with Gasteiger partial charge in [0.2, 0.25) is 11.9 Å². The number of hydrogen-bond acceptors (Lipinski definition) is 3. The number of hydrogen-bond donors (Lipinski definition) is 1. The van der Waals surface area contributed by atoms with E-state index in [1.54, 1.807) is 0 Å². The number of carbonyl (C=O) groups excluding carboxylic acids is 1. The lowest BCUT2D eigenvalue weighted by molar-refractivity contribution is -0.126. The molecular formula is C26H40N4O. The largest absolute Gasteiger partial charge is 0.353 e. The molecule has 0 bridgehead atoms. The minimum Gasteiger partial charge on any atom is -0.353 e. The fraction of sp³-hybridized carbons (Fsp3) is 0.692. The Labute approximate surface area is 187 Å². The summed E-state index contributed by atoms with van der Waals surface area (Å²) in [5.74, 6) is 2.19. The SMILES string of the molecule is CCC(CC)Cn1c(N2CCC(C(=O)NC3CCCC3)CC2)nc2cc(C)c(C)cc21. The molecule has 5 nitrogen and oxygen atoms in total. The highest BCUT2D eigenvalue weighted by Crippen LogP contribution is 2.30. The van der Waals surface area contributed by atoms with Gasteiger partial charge in [0.25, 0.3) is 0 Å². The molecule has 0 spiro atoms. The first-order valence-corrected chi connectivity index (χ1v) is 12.5. The predicted molar refractivity (Wildman–Crippen MR) is 129 cm³/mol. The highest BCUT2D eigenvalue weighted by Gasteiger charge is 2.29. The molecule has 0 radical (unpaired) electrons. The van der Waals surface area contributed by atoms with Crippen LogP contribution in [-0.4, -0.2) is 34.6 Å². The molecule has 5 heteroatoms. The molecule has 1 aliphatic heterocycles. The second-order valence-electron chi connectivity index (χ2n) is 9.88. The molecule has 4 rings (SSSR count). The van der Waals surface area contributed by atoms with Gasteiger partial charge >= 0.3 is 0 Å². The van der Waals surface area contributed by atoms with Crippen molar-refractivity contribution in [2.75, 3.05) is 18.0 Å². The first-order chi connectivity index (χ1) is 15.0. The smallest absolute Gasteiger partial charge is 0.223 e. The molecule has 2 fully saturated rings. The molecule has 1 saturated carbocycles. The van der Waals surface area contributed by atoms with E-state index in [1.807, 2.05) is 0 Å². The van der Waals surface area contributed by atoms with Gasteiger partial charge in [0, 0.05) is 31.6 Å². The van der Waals surface area contributed by atoms with Crippen LogP contribution in [0.15, 0.2) is 12.1 Å². The Balaban J connectivity index is 1.52. The first kappa shape index (κ1) is 22.2. The molecule has 31 heavy (non-hydrogen) atoms. The number of anilines is 1. The van der Waals surface area contributed by atoms with Crippen molar-refractivity contribution >= 4 is 22.9 Å². The van der Waals surface area contributed by atoms with Gasteiger partial charge in [-0.2, -0.15) is 0 Å². The number of amides is 1. The summed E-state index contributed by atoms with van der Waals surface area (Å²) in [7, 11) is 0. The quantitative estimate of drug-likeness (QED) is 0.650. The third-order valence-corrected chi connectivity index (χ3v) is 7.79. The predicted octanol–water partition coefficient (Wildman–Crippen LogP) is 5.36. The first-order valence-electron chi connectivity index (χ1n) is 12.5. The normalized spacial score (nSPS) is 18.4. The third-order valence-electron chi connectivity index (χ3n) is 7.79. The van der Waals surface area contributed by atoms with Crippen LogP contribution in [0.2, 0.25) is 0 Å². The molecule has 2 heterocycles. The number of nitrogens with one attached hydrogen (secondary N) is 1. The van der Waals surface area contributed by atoms with Gasteiger partial charge in [-0.05, 0) is 68.7 Å². The molecular weight excluding hydrogens is 384 g/mol. The maximum Gasteiger partial charge on any atom is 0.223 e. The summed E-state index contributed by atoms with van der Waals surface area (Å²) < 4.78 is 2.46. The van der Waals surface area contributed by atoms with Gasteiger partial charge in [-0.1, -0.05) is 39.5 Å². The Morgan fingerprint density at radius 3 is 2.35 bits per heavy atom. The zero-order valence-electron chi connectivity index (χ0n) is 19.9. The molecule has 1 amide bonds. The van der Waals surface area contributed by atoms with Crippen LogP contribution >= 0.6 is 0 Å². The number of rotatable bonds is 7. The van der Waals surface area contributed by atoms with Crippen molar-refractivity contribution in [1.82, 2.24) is 14.9 Å². The fourth-order valence-electron chi connectivity index (χ4n) is 5.32. The Hall–Kier alpha value is -2.04. The summed E-state index contributed by atoms with van der Waals surface area (Å²) in [5.41, 5.74) is 4.98. The molecule has 1 aliphatic carbocycles. The summed E-state index contributed by atoms with van der Waals surface area (Å²) in [6.07, 6.45) is 9.04. The number of carbonyl (C=O) groups is 1. The molecule has 1 N–H and O–H groups in total. The van der Waals surface area contributed by atoms with E-state index in [4.69, 9.17) is 4.98 Å². The van der Waals surface area contributed by atoms with Gasteiger partial charge < -0.3 is 14.8 Å². The highest BCUT2D eigenvalue weighted by molar-refractivity contribution is 5.81. The maximum absolute atomic E-state index is 12.8. The van der Waals surface area contributed by atoms with Crippen molar-refractivity contribution in [1.29, 1.82) is 0 Å². The molecule has 1 aromatic carbocycles. The van der Waals surface area contributed by atoms with E-state index >= 15 is 0 Å². The average Bonchev–Trinajstić information content (AvgIpc) is 3.40. The van der Waals surface area contributed by atoms with Crippen LogP contribution in [0.25, 0.3) is 11.0 Å². The van der Waals surface area contributed by atoms with E-state index in [1.165, 1.54) is 42.3 Å². The Morgan fingerprint density at radius 1 is 1.06 bits per heavy atom. The van der Waals surface area contributed by atoms with E-state index in [0.717, 1.165) is 56.8 Å². The lowest BCUT2D eigenvalue weighted by Crippen LogP contribution is -2.43. The maximum atomic E-state index is 12.8. The number of imidazole rings is 1. The van der Waals surface area contributed by atoms with E-state index in [0.29, 0.717) is 12.0 Å². The van der Waals surface area contributed by atoms with Crippen LogP contribution in [0.3, 0.4) is 0 Å². The van der Waals surface area contributed by atoms with Crippen molar-refractivity contribution in [3.05, 3.63) is 23.3 Å². The van der Waals surface area contributed by atoms with Crippen LogP contribution in [0.4, 0.5) is 5.95 Å². The summed E-state index contributed by atoms with van der Waals surface area (Å²) in [4.78, 5) is 20.3. The van der Waals surface area contributed by atoms with Crippen LogP contribution in [-0.2, 0) is 11.3 Å². The second-order valence-corrected chi connectivity index (χ2v) is 9.88. The van der Waals surface area contributed by atoms with E-state index < -0.39 is 0 Å². The number of benzene rings is 1. The Bertz CT molecular complexity index is 900. The van der Waals surface area contributed by atoms with Crippen molar-refractivity contribution in [3.63, 3.8) is 0 Å². The molecule has 0 atom stereocenters. The second kappa shape index (κ2) is 9.62. The van der Waals surface area contributed by atoms with Crippen molar-refractivity contribution < 1.29 is 4.79 Å². The van der Waals surface area contributed by atoms with Crippen LogP contribution in [0.1, 0.15) is 76.3 Å². The van der Waals surface area contributed by atoms with E-state index in [-0.39, 0.29) is 11.8 Å². The van der Waals surface area contributed by atoms with Crippen LogP contribution < -0.4 is 10.2 Å². The summed E-state index contributed by atoms with van der Waals surface area (Å²) in [6.45, 7) is 11.8. The van der Waals surface area contributed by atoms with Gasteiger partial charge in [0.05, 0.1) is 11.0 Å². The zero-order valence-corrected chi connectivity index (χ0v) is 19.9. The van der Waals surface area contributed by atoms with Gasteiger partial charge in [0.1, 0.15) is 0 Å². The molecule has 1 aromatic heterocycles. The molecule has 2 aromatic rings. The lowest BCUT2D eigenvalue weighted by atomic mass is 9.95. The van der Waals surface area contributed by atoms with Crippen molar-refractivity contribution in [2.45, 2.75) is 91.6 Å². The topological polar surface area (TPSA) is 50.2 Å². The van der Waals surface area contributed by atoms with Crippen molar-refractivity contribution in [3.8, 4) is 0 Å². The Morgan fingerprint density at radius 2 is 1.71 bits per heavy atom. The van der Waals surface area contributed by atoms with Gasteiger partial charge in [0.15, 0.2) is 0 Å². The molecule has 170 valence electrons. The summed E-state index contributed by atoms with van der Waals surface area (Å²) in [6, 6.07) is 4.96. The number of aryl methyl sites for hydroxylation is 2. The molecule has 0 unspecified atom stereocenters. The number of piperidine rings is 1. The monoisotopic (exact) mass is 424 g/mol. The van der Waals surface area contributed by atoms with Crippen LogP contribution in [0, 0.1) is 25.7 Å². The van der Waals surface area contributed by atoms with E-state index in [9.17, 15) is 4.79 Å². The number of aromatic nitrogens is 2. The standard InChI is InChI=1S/C26H40N4O/c1-5-20(6-2)17-30-24-16-19(4)18(3)15-23(24)28-26(30)29-13-11-21(12-14-29)25(31)27-22-9-7-8-10-22/h15-16,20-22H,5-14,17H2,1-4H3,(H,27,31). The molecule has 1 saturated heterocycles. The minimum atomic E-state index is 0.151. The highest BCUT2D eigenvalue weighted by atomic mass is 16.1. The lowest BCUT2D eigenvalue weighted by Gasteiger charge is -2.33. The van der Waals surface area contributed by atoms with Gasteiger partial charge in [-0.15, -0.1) is 0 Å². The zero-order chi connectivity index (χ0) is 22.0. The summed E-state index contributed by atoms with van der Waals surface area (Å²) >= 11 is 0. The minimum absolute atomic E-state index is 0.151. The van der Waals surface area contributed by atoms with Gasteiger partial charge in [-0.25, -0.2) is 4.98 Å². The third kappa shape index (κ3) is 4.75. The molecule has 2 aliphatic rings. The fourth-order valence-corrected chi connectivity index (χ4v) is 5.32. The Kier molecular flexibility index (Phi) is 6.88. The number of nitrogens with zero attached hydrogens (tertiary/aromatic N) is 3. The average molecular weight is 425 g/mol. The van der Waals surface area contributed by atoms with Crippen LogP contribution in [0.5, 0.6) is 0 Å².